The van der Waals surface area contributed by atoms with Gasteiger partial charge in [-0.05, 0) is 31.3 Å². The fourth-order valence-electron chi connectivity index (χ4n) is 3.08. The number of amides is 2. The van der Waals surface area contributed by atoms with Gasteiger partial charge in [-0.2, -0.15) is 11.8 Å². The van der Waals surface area contributed by atoms with Gasteiger partial charge in [0.05, 0.1) is 23.8 Å². The van der Waals surface area contributed by atoms with Crippen LogP contribution in [0.5, 0.6) is 0 Å². The summed E-state index contributed by atoms with van der Waals surface area (Å²) >= 11 is 1.49. The van der Waals surface area contributed by atoms with Crippen molar-refractivity contribution >= 4 is 29.5 Å². The minimum absolute atomic E-state index is 0.264. The van der Waals surface area contributed by atoms with E-state index in [1.165, 1.54) is 11.8 Å². The highest BCUT2D eigenvalue weighted by molar-refractivity contribution is 7.98. The van der Waals surface area contributed by atoms with Crippen molar-refractivity contribution < 1.29 is 19.5 Å². The molecule has 3 atom stereocenters. The van der Waals surface area contributed by atoms with E-state index in [0.29, 0.717) is 18.6 Å². The van der Waals surface area contributed by atoms with E-state index >= 15 is 0 Å². The largest absolute Gasteiger partial charge is 0.548 e. The van der Waals surface area contributed by atoms with Gasteiger partial charge in [0.1, 0.15) is 0 Å². The van der Waals surface area contributed by atoms with Gasteiger partial charge in [0.2, 0.25) is 11.8 Å². The quantitative estimate of drug-likeness (QED) is 0.666. The second-order valence-corrected chi connectivity index (χ2v) is 6.15. The Morgan fingerprint density at radius 3 is 2.26 bits per heavy atom. The standard InChI is InChI=1S/C13H19NO4S/c1-19-7-6-10(13(17)18)14-11(15)8-4-2-3-5-9(8)12(14)16/h8-10H,2-7H2,1H3,(H,17,18)/p-1/t8-,9+,10-/m1/s1. The summed E-state index contributed by atoms with van der Waals surface area (Å²) in [6.45, 7) is 0. The molecule has 1 aliphatic heterocycles. The molecule has 5 nitrogen and oxygen atoms in total. The van der Waals surface area contributed by atoms with Gasteiger partial charge in [0, 0.05) is 0 Å². The third kappa shape index (κ3) is 2.63. The molecule has 0 aromatic rings. The first-order valence-corrected chi connectivity index (χ1v) is 8.04. The van der Waals surface area contributed by atoms with Crippen LogP contribution in [0.3, 0.4) is 0 Å². The van der Waals surface area contributed by atoms with Crippen molar-refractivity contribution in [1.29, 1.82) is 0 Å². The highest BCUT2D eigenvalue weighted by Gasteiger charge is 2.50. The smallest absolute Gasteiger partial charge is 0.233 e. The molecular weight excluding hydrogens is 266 g/mol. The molecule has 2 rings (SSSR count). The topological polar surface area (TPSA) is 77.5 Å². The number of nitrogens with zero attached hydrogens (tertiary/aromatic N) is 1. The number of likely N-dealkylation sites (tertiary alicyclic amines) is 1. The molecule has 1 saturated carbocycles. The Kier molecular flexibility index (Phi) is 4.50. The number of hydrogen-bond acceptors (Lipinski definition) is 5. The molecule has 2 aliphatic rings. The lowest BCUT2D eigenvalue weighted by Crippen LogP contribution is -2.51. The summed E-state index contributed by atoms with van der Waals surface area (Å²) in [5, 5.41) is 11.2. The zero-order valence-corrected chi connectivity index (χ0v) is 11.8. The number of carboxylic acid groups (broad SMARTS) is 1. The van der Waals surface area contributed by atoms with Crippen molar-refractivity contribution in [3.8, 4) is 0 Å². The minimum Gasteiger partial charge on any atom is -0.548 e. The number of fused-ring (bicyclic) bond motifs is 1. The second kappa shape index (κ2) is 5.94. The van der Waals surface area contributed by atoms with E-state index in [9.17, 15) is 19.5 Å². The van der Waals surface area contributed by atoms with Crippen molar-refractivity contribution in [1.82, 2.24) is 4.90 Å². The minimum atomic E-state index is -1.32. The fraction of sp³-hybridized carbons (Fsp3) is 0.769. The third-order valence-corrected chi connectivity index (χ3v) is 4.70. The Morgan fingerprint density at radius 1 is 1.32 bits per heavy atom. The van der Waals surface area contributed by atoms with Gasteiger partial charge in [-0.15, -0.1) is 0 Å². The molecule has 0 N–H and O–H groups in total. The number of aliphatic carboxylic acids is 1. The molecule has 106 valence electrons. The molecule has 1 saturated heterocycles. The first-order valence-electron chi connectivity index (χ1n) is 6.64. The summed E-state index contributed by atoms with van der Waals surface area (Å²) < 4.78 is 0. The molecule has 0 radical (unpaired) electrons. The molecule has 6 heteroatoms. The molecule has 2 amide bonds. The lowest BCUT2D eigenvalue weighted by molar-refractivity contribution is -0.311. The summed E-state index contributed by atoms with van der Waals surface area (Å²) in [5.74, 6) is -1.93. The molecular formula is C13H18NO4S-. The molecule has 1 aliphatic carbocycles. The monoisotopic (exact) mass is 284 g/mol. The van der Waals surface area contributed by atoms with Crippen LogP contribution in [-0.2, 0) is 14.4 Å². The Morgan fingerprint density at radius 2 is 1.84 bits per heavy atom. The van der Waals surface area contributed by atoms with Gasteiger partial charge in [0.25, 0.3) is 0 Å². The van der Waals surface area contributed by atoms with Crippen molar-refractivity contribution in [2.45, 2.75) is 38.1 Å². The average molecular weight is 284 g/mol. The van der Waals surface area contributed by atoms with E-state index < -0.39 is 12.0 Å². The summed E-state index contributed by atoms with van der Waals surface area (Å²) in [6.07, 6.45) is 5.41. The third-order valence-electron chi connectivity index (χ3n) is 4.05. The normalized spacial score (nSPS) is 28.4. The van der Waals surface area contributed by atoms with E-state index in [2.05, 4.69) is 0 Å². The first-order chi connectivity index (χ1) is 9.07. The van der Waals surface area contributed by atoms with E-state index in [0.717, 1.165) is 17.7 Å². The van der Waals surface area contributed by atoms with E-state index in [1.807, 2.05) is 6.26 Å². The Balaban J connectivity index is 2.19. The zero-order valence-electron chi connectivity index (χ0n) is 11.0. The van der Waals surface area contributed by atoms with Crippen LogP contribution in [0.4, 0.5) is 0 Å². The summed E-state index contributed by atoms with van der Waals surface area (Å²) in [4.78, 5) is 36.7. The Hall–Kier alpha value is -1.04. The van der Waals surface area contributed by atoms with Crippen LogP contribution in [0.15, 0.2) is 0 Å². The fourth-order valence-corrected chi connectivity index (χ4v) is 3.54. The number of thioether (sulfide) groups is 1. The lowest BCUT2D eigenvalue weighted by atomic mass is 9.81. The number of carbonyl (C=O) groups is 3. The first kappa shape index (κ1) is 14.4. The number of carboxylic acids is 1. The lowest BCUT2D eigenvalue weighted by Gasteiger charge is -2.27. The number of rotatable bonds is 5. The summed E-state index contributed by atoms with van der Waals surface area (Å²) in [5.41, 5.74) is 0. The predicted octanol–water partition coefficient (Wildman–Crippen LogP) is 0.0332. The molecule has 1 heterocycles. The van der Waals surface area contributed by atoms with Gasteiger partial charge in [-0.3, -0.25) is 14.5 Å². The zero-order chi connectivity index (χ0) is 14.0. The number of hydrogen-bond donors (Lipinski definition) is 0. The number of imide groups is 1. The summed E-state index contributed by atoms with van der Waals surface area (Å²) in [7, 11) is 0. The highest BCUT2D eigenvalue weighted by atomic mass is 32.2. The Labute approximate surface area is 116 Å². The van der Waals surface area contributed by atoms with Crippen LogP contribution >= 0.6 is 11.8 Å². The van der Waals surface area contributed by atoms with Crippen molar-refractivity contribution in [2.24, 2.45) is 11.8 Å². The maximum atomic E-state index is 12.3. The van der Waals surface area contributed by atoms with Crippen molar-refractivity contribution in [2.75, 3.05) is 12.0 Å². The van der Waals surface area contributed by atoms with Gasteiger partial charge < -0.3 is 9.90 Å². The van der Waals surface area contributed by atoms with Crippen molar-refractivity contribution in [3.05, 3.63) is 0 Å². The molecule has 0 spiro atoms. The van der Waals surface area contributed by atoms with E-state index in [1.54, 1.807) is 0 Å². The highest BCUT2D eigenvalue weighted by Crippen LogP contribution is 2.39. The van der Waals surface area contributed by atoms with Gasteiger partial charge >= 0.3 is 0 Å². The SMILES string of the molecule is CSCC[C@H](C(=O)[O-])N1C(=O)[C@H]2CCCC[C@H]2C1=O. The average Bonchev–Trinajstić information content (AvgIpc) is 2.64. The molecule has 2 fully saturated rings. The van der Waals surface area contributed by atoms with Crippen LogP contribution in [-0.4, -0.2) is 40.7 Å². The van der Waals surface area contributed by atoms with E-state index in [4.69, 9.17) is 0 Å². The van der Waals surface area contributed by atoms with Crippen LogP contribution in [0.2, 0.25) is 0 Å². The van der Waals surface area contributed by atoms with Gasteiger partial charge in [-0.1, -0.05) is 12.8 Å². The van der Waals surface area contributed by atoms with Crippen LogP contribution in [0.25, 0.3) is 0 Å². The van der Waals surface area contributed by atoms with Crippen LogP contribution in [0.1, 0.15) is 32.1 Å². The van der Waals surface area contributed by atoms with Crippen LogP contribution < -0.4 is 5.11 Å². The summed E-state index contributed by atoms with van der Waals surface area (Å²) in [6, 6.07) is -1.10. The molecule has 19 heavy (non-hydrogen) atoms. The molecule has 0 aromatic carbocycles. The second-order valence-electron chi connectivity index (χ2n) is 5.16. The van der Waals surface area contributed by atoms with E-state index in [-0.39, 0.29) is 30.1 Å². The molecule has 0 bridgehead atoms. The van der Waals surface area contributed by atoms with Gasteiger partial charge in [0.15, 0.2) is 0 Å². The maximum absolute atomic E-state index is 12.3. The van der Waals surface area contributed by atoms with Gasteiger partial charge in [-0.25, -0.2) is 0 Å². The molecule has 0 aromatic heterocycles. The number of carbonyl (C=O) groups excluding carboxylic acids is 3. The van der Waals surface area contributed by atoms with Crippen molar-refractivity contribution in [3.63, 3.8) is 0 Å². The maximum Gasteiger partial charge on any atom is 0.233 e. The molecule has 0 unspecified atom stereocenters. The van der Waals surface area contributed by atoms with Crippen LogP contribution in [0, 0.1) is 11.8 Å². The Bertz CT molecular complexity index is 374. The predicted molar refractivity (Wildman–Crippen MR) is 69.1 cm³/mol.